The van der Waals surface area contributed by atoms with Gasteiger partial charge in [0.1, 0.15) is 17.1 Å². The molecule has 224 valence electrons. The zero-order valence-electron chi connectivity index (χ0n) is 25.9. The Bertz CT molecular complexity index is 2380. The summed E-state index contributed by atoms with van der Waals surface area (Å²) in [4.78, 5) is 5.13. The van der Waals surface area contributed by atoms with E-state index in [0.29, 0.717) is 5.56 Å². The zero-order chi connectivity index (χ0) is 31.9. The van der Waals surface area contributed by atoms with Crippen LogP contribution in [0.4, 0.5) is 0 Å². The molecule has 8 aromatic rings. The van der Waals surface area contributed by atoms with E-state index in [2.05, 4.69) is 101 Å². The Hall–Kier alpha value is -6.38. The van der Waals surface area contributed by atoms with Crippen molar-refractivity contribution in [3.05, 3.63) is 145 Å². The molecule has 3 aromatic heterocycles. The average Bonchev–Trinajstić information content (AvgIpc) is 3.71. The molecule has 8 rings (SSSR count). The van der Waals surface area contributed by atoms with Crippen LogP contribution in [0.25, 0.3) is 72.4 Å². The number of aromatic nitrogens is 2. The number of nitriles is 1. The molecule has 0 aliphatic heterocycles. The number of ether oxygens (including phenoxy) is 2. The summed E-state index contributed by atoms with van der Waals surface area (Å²) in [6.07, 6.45) is 0. The number of nitrogens with zero attached hydrogens (tertiary/aromatic N) is 3. The largest absolute Gasteiger partial charge is 0.497 e. The van der Waals surface area contributed by atoms with Gasteiger partial charge in [-0.25, -0.2) is 4.98 Å². The first-order chi connectivity index (χ1) is 23.1. The summed E-state index contributed by atoms with van der Waals surface area (Å²) in [7, 11) is 3.36. The van der Waals surface area contributed by atoms with E-state index in [-0.39, 0.29) is 0 Å². The Morgan fingerprint density at radius 3 is 1.45 bits per heavy atom. The summed E-state index contributed by atoms with van der Waals surface area (Å²) < 4.78 is 13.0. The van der Waals surface area contributed by atoms with Crippen LogP contribution in [0.15, 0.2) is 140 Å². The highest BCUT2D eigenvalue weighted by atomic mass is 16.5. The second-order valence-electron chi connectivity index (χ2n) is 11.5. The van der Waals surface area contributed by atoms with Gasteiger partial charge in [-0.05, 0) is 81.9 Å². The Balaban J connectivity index is 1.33. The summed E-state index contributed by atoms with van der Waals surface area (Å²) >= 11 is 0. The second-order valence-corrected chi connectivity index (χ2v) is 11.5. The lowest BCUT2D eigenvalue weighted by Crippen LogP contribution is -1.87. The molecule has 5 aromatic carbocycles. The quantitative estimate of drug-likeness (QED) is 0.181. The highest BCUT2D eigenvalue weighted by molar-refractivity contribution is 6.09. The molecule has 0 spiro atoms. The van der Waals surface area contributed by atoms with Gasteiger partial charge in [0, 0.05) is 16.7 Å². The molecule has 5 heteroatoms. The Kier molecular flexibility index (Phi) is 6.89. The lowest BCUT2D eigenvalue weighted by atomic mass is 9.92. The molecule has 0 amide bonds. The molecular formula is C42H29N3O2. The minimum Gasteiger partial charge on any atom is -0.497 e. The van der Waals surface area contributed by atoms with Gasteiger partial charge in [0.15, 0.2) is 0 Å². The maximum absolute atomic E-state index is 9.43. The van der Waals surface area contributed by atoms with E-state index in [0.717, 1.165) is 83.9 Å². The van der Waals surface area contributed by atoms with Crippen LogP contribution >= 0.6 is 0 Å². The van der Waals surface area contributed by atoms with Crippen LogP contribution < -0.4 is 9.47 Å². The minimum absolute atomic E-state index is 0.622. The highest BCUT2D eigenvalue weighted by Gasteiger charge is 2.25. The van der Waals surface area contributed by atoms with E-state index >= 15 is 0 Å². The first-order valence-corrected chi connectivity index (χ1v) is 15.4. The van der Waals surface area contributed by atoms with Gasteiger partial charge in [0.05, 0.1) is 42.6 Å². The predicted molar refractivity (Wildman–Crippen MR) is 189 cm³/mol. The number of benzene rings is 5. The van der Waals surface area contributed by atoms with Gasteiger partial charge in [-0.2, -0.15) is 5.26 Å². The fourth-order valence-electron chi connectivity index (χ4n) is 6.47. The molecule has 0 bridgehead atoms. The fourth-order valence-corrected chi connectivity index (χ4v) is 6.47. The molecular weight excluding hydrogens is 578 g/mol. The molecule has 47 heavy (non-hydrogen) atoms. The number of hydrogen-bond acceptors (Lipinski definition) is 4. The smallest absolute Gasteiger partial charge is 0.138 e. The average molecular weight is 608 g/mol. The van der Waals surface area contributed by atoms with E-state index < -0.39 is 0 Å². The van der Waals surface area contributed by atoms with Crippen LogP contribution in [0.2, 0.25) is 0 Å². The van der Waals surface area contributed by atoms with E-state index in [4.69, 9.17) is 14.5 Å². The molecule has 5 nitrogen and oxygen atoms in total. The lowest BCUT2D eigenvalue weighted by Gasteiger charge is -2.11. The molecule has 0 fully saturated rings. The minimum atomic E-state index is 0.622. The first kappa shape index (κ1) is 28.1. The number of methoxy groups -OCH3 is 2. The van der Waals surface area contributed by atoms with E-state index in [1.807, 2.05) is 48.5 Å². The maximum Gasteiger partial charge on any atom is 0.138 e. The van der Waals surface area contributed by atoms with Gasteiger partial charge < -0.3 is 9.47 Å². The topological polar surface area (TPSA) is 59.5 Å². The first-order valence-electron chi connectivity index (χ1n) is 15.4. The van der Waals surface area contributed by atoms with Crippen LogP contribution in [0, 0.1) is 11.3 Å². The summed E-state index contributed by atoms with van der Waals surface area (Å²) in [6, 6.07) is 50.0. The normalized spacial score (nSPS) is 11.2. The van der Waals surface area contributed by atoms with E-state index in [1.165, 1.54) is 0 Å². The predicted octanol–water partition coefficient (Wildman–Crippen LogP) is 10.1. The van der Waals surface area contributed by atoms with Gasteiger partial charge in [-0.15, -0.1) is 0 Å². The maximum atomic E-state index is 9.43. The number of hydrogen-bond donors (Lipinski definition) is 0. The number of imidazole rings is 1. The zero-order valence-corrected chi connectivity index (χ0v) is 25.9. The van der Waals surface area contributed by atoms with Crippen molar-refractivity contribution in [3.8, 4) is 73.3 Å². The lowest BCUT2D eigenvalue weighted by molar-refractivity contribution is 0.415. The van der Waals surface area contributed by atoms with Crippen LogP contribution in [0.5, 0.6) is 11.5 Å². The third-order valence-corrected chi connectivity index (χ3v) is 8.87. The van der Waals surface area contributed by atoms with Crippen molar-refractivity contribution in [1.82, 2.24) is 9.38 Å². The van der Waals surface area contributed by atoms with Crippen LogP contribution in [0.3, 0.4) is 0 Å². The van der Waals surface area contributed by atoms with Gasteiger partial charge in [0.25, 0.3) is 0 Å². The van der Waals surface area contributed by atoms with Crippen LogP contribution in [0.1, 0.15) is 5.56 Å². The van der Waals surface area contributed by atoms with Crippen LogP contribution in [-0.4, -0.2) is 23.6 Å². The van der Waals surface area contributed by atoms with Crippen molar-refractivity contribution >= 4 is 16.7 Å². The summed E-state index contributed by atoms with van der Waals surface area (Å²) in [5.74, 6) is 1.67. The highest BCUT2D eigenvalue weighted by Crippen LogP contribution is 2.46. The van der Waals surface area contributed by atoms with Gasteiger partial charge in [-0.3, -0.25) is 4.40 Å². The Morgan fingerprint density at radius 1 is 0.511 bits per heavy atom. The monoisotopic (exact) mass is 607 g/mol. The molecule has 0 N–H and O–H groups in total. The fraction of sp³-hybridized carbons (Fsp3) is 0.0476. The molecule has 0 saturated carbocycles. The van der Waals surface area contributed by atoms with Crippen molar-refractivity contribution in [2.75, 3.05) is 14.2 Å². The summed E-state index contributed by atoms with van der Waals surface area (Å²) in [6.45, 7) is 0. The molecule has 0 saturated heterocycles. The molecule has 0 radical (unpaired) electrons. The second kappa shape index (κ2) is 11.5. The van der Waals surface area contributed by atoms with E-state index in [9.17, 15) is 5.26 Å². The van der Waals surface area contributed by atoms with Crippen molar-refractivity contribution in [2.45, 2.75) is 0 Å². The standard InChI is InChI=1S/C42H29N3O2/c1-46-35-22-18-30(19-23-35)28-10-14-32(15-11-28)39-37-4-3-5-38-44-41(34-8-6-27(26-43)7-9-34)42(45(37)38)40(39)33-16-12-29(13-17-33)31-20-24-36(47-2)25-21-31/h3-25H,1-2H3. The van der Waals surface area contributed by atoms with E-state index in [1.54, 1.807) is 14.2 Å². The third-order valence-electron chi connectivity index (χ3n) is 8.87. The molecule has 0 aliphatic carbocycles. The molecule has 0 aliphatic rings. The molecule has 3 heterocycles. The molecule has 0 atom stereocenters. The number of pyridine rings is 1. The van der Waals surface area contributed by atoms with Crippen molar-refractivity contribution in [3.63, 3.8) is 0 Å². The molecule has 0 unspecified atom stereocenters. The Labute approximate surface area is 272 Å². The summed E-state index contributed by atoms with van der Waals surface area (Å²) in [5, 5.41) is 9.43. The van der Waals surface area contributed by atoms with Gasteiger partial charge in [-0.1, -0.05) is 91.0 Å². The SMILES string of the molecule is COc1ccc(-c2ccc(-c3c(-c4ccc(-c5ccc(OC)cc5)cc4)c4c(-c5ccc(C#N)cc5)nc5cccc3n54)cc2)cc1. The number of rotatable bonds is 7. The Morgan fingerprint density at radius 2 is 0.957 bits per heavy atom. The van der Waals surface area contributed by atoms with Crippen LogP contribution in [-0.2, 0) is 0 Å². The van der Waals surface area contributed by atoms with Crippen molar-refractivity contribution < 1.29 is 9.47 Å². The van der Waals surface area contributed by atoms with Crippen molar-refractivity contribution in [1.29, 1.82) is 5.26 Å². The van der Waals surface area contributed by atoms with Gasteiger partial charge >= 0.3 is 0 Å². The van der Waals surface area contributed by atoms with Crippen molar-refractivity contribution in [2.24, 2.45) is 0 Å². The third kappa shape index (κ3) is 4.84. The summed E-state index contributed by atoms with van der Waals surface area (Å²) in [5.41, 5.74) is 14.5. The van der Waals surface area contributed by atoms with Gasteiger partial charge in [0.2, 0.25) is 0 Å².